The van der Waals surface area contributed by atoms with Gasteiger partial charge in [-0.1, -0.05) is 30.3 Å². The van der Waals surface area contributed by atoms with Crippen LogP contribution >= 0.6 is 0 Å². The fourth-order valence-electron chi connectivity index (χ4n) is 2.07. The van der Waals surface area contributed by atoms with Gasteiger partial charge in [-0.15, -0.1) is 0 Å². The molecule has 0 unspecified atom stereocenters. The Labute approximate surface area is 127 Å². The second-order valence-electron chi connectivity index (χ2n) is 4.73. The van der Waals surface area contributed by atoms with Crippen molar-refractivity contribution in [2.45, 2.75) is 13.8 Å². The third-order valence-corrected chi connectivity index (χ3v) is 3.04. The molecule has 0 saturated carbocycles. The van der Waals surface area contributed by atoms with E-state index < -0.39 is 0 Å². The number of rotatable bonds is 3. The largest absolute Gasteiger partial charge is 0.436 e. The Morgan fingerprint density at radius 2 is 1.86 bits per heavy atom. The molecule has 22 heavy (non-hydrogen) atoms. The standard InChI is InChI=1S/C16H14N4O2/c1-10-14(22-11(2)18-10)16(21)20-13-8-9-17-15(19-13)12-6-4-3-5-7-12/h3-9H,1-2H3,(H,17,19,20,21). The first-order valence-corrected chi connectivity index (χ1v) is 6.77. The van der Waals surface area contributed by atoms with E-state index in [-0.39, 0.29) is 11.7 Å². The van der Waals surface area contributed by atoms with Crippen LogP contribution in [0.25, 0.3) is 11.4 Å². The molecule has 0 radical (unpaired) electrons. The number of hydrogen-bond acceptors (Lipinski definition) is 5. The van der Waals surface area contributed by atoms with Crippen LogP contribution in [0.3, 0.4) is 0 Å². The maximum Gasteiger partial charge on any atom is 0.294 e. The van der Waals surface area contributed by atoms with Gasteiger partial charge < -0.3 is 9.73 Å². The van der Waals surface area contributed by atoms with E-state index >= 15 is 0 Å². The monoisotopic (exact) mass is 294 g/mol. The quantitative estimate of drug-likeness (QED) is 0.803. The van der Waals surface area contributed by atoms with Gasteiger partial charge in [-0.3, -0.25) is 4.79 Å². The molecule has 0 aliphatic carbocycles. The minimum Gasteiger partial charge on any atom is -0.436 e. The van der Waals surface area contributed by atoms with Gasteiger partial charge in [-0.05, 0) is 13.0 Å². The van der Waals surface area contributed by atoms with Crippen molar-refractivity contribution in [3.8, 4) is 11.4 Å². The van der Waals surface area contributed by atoms with E-state index in [9.17, 15) is 4.79 Å². The van der Waals surface area contributed by atoms with Gasteiger partial charge in [0.25, 0.3) is 5.91 Å². The zero-order chi connectivity index (χ0) is 15.5. The molecule has 3 rings (SSSR count). The first kappa shape index (κ1) is 13.9. The van der Waals surface area contributed by atoms with Crippen LogP contribution < -0.4 is 5.32 Å². The smallest absolute Gasteiger partial charge is 0.294 e. The molecule has 0 spiro atoms. The maximum absolute atomic E-state index is 12.2. The normalized spacial score (nSPS) is 10.5. The molecule has 3 aromatic rings. The van der Waals surface area contributed by atoms with Gasteiger partial charge >= 0.3 is 0 Å². The first-order chi connectivity index (χ1) is 10.6. The lowest BCUT2D eigenvalue weighted by atomic mass is 10.2. The van der Waals surface area contributed by atoms with E-state index in [0.717, 1.165) is 5.56 Å². The number of anilines is 1. The van der Waals surface area contributed by atoms with E-state index in [1.54, 1.807) is 26.1 Å². The topological polar surface area (TPSA) is 80.9 Å². The summed E-state index contributed by atoms with van der Waals surface area (Å²) in [7, 11) is 0. The minimum absolute atomic E-state index is 0.192. The van der Waals surface area contributed by atoms with Crippen LogP contribution in [-0.2, 0) is 0 Å². The van der Waals surface area contributed by atoms with Gasteiger partial charge in [0, 0.05) is 18.7 Å². The Morgan fingerprint density at radius 3 is 2.55 bits per heavy atom. The van der Waals surface area contributed by atoms with Crippen molar-refractivity contribution >= 4 is 11.7 Å². The first-order valence-electron chi connectivity index (χ1n) is 6.77. The van der Waals surface area contributed by atoms with Crippen LogP contribution in [0, 0.1) is 13.8 Å². The van der Waals surface area contributed by atoms with E-state index in [1.165, 1.54) is 0 Å². The van der Waals surface area contributed by atoms with Crippen molar-refractivity contribution in [1.82, 2.24) is 15.0 Å². The van der Waals surface area contributed by atoms with Crippen molar-refractivity contribution in [3.63, 3.8) is 0 Å². The number of hydrogen-bond donors (Lipinski definition) is 1. The lowest BCUT2D eigenvalue weighted by Crippen LogP contribution is -2.13. The number of amides is 1. The van der Waals surface area contributed by atoms with Gasteiger partial charge in [0.2, 0.25) is 5.76 Å². The van der Waals surface area contributed by atoms with Gasteiger partial charge in [-0.25, -0.2) is 15.0 Å². The van der Waals surface area contributed by atoms with Crippen molar-refractivity contribution in [3.05, 3.63) is 59.9 Å². The lowest BCUT2D eigenvalue weighted by molar-refractivity contribution is 0.0994. The molecule has 6 nitrogen and oxygen atoms in total. The molecule has 0 bridgehead atoms. The molecule has 0 aliphatic rings. The Bertz CT molecular complexity index is 812. The zero-order valence-corrected chi connectivity index (χ0v) is 12.2. The Kier molecular flexibility index (Phi) is 3.65. The zero-order valence-electron chi connectivity index (χ0n) is 12.2. The number of nitrogens with one attached hydrogen (secondary N) is 1. The number of aromatic nitrogens is 3. The Hall–Kier alpha value is -3.02. The predicted molar refractivity (Wildman–Crippen MR) is 81.4 cm³/mol. The fourth-order valence-corrected chi connectivity index (χ4v) is 2.07. The third kappa shape index (κ3) is 2.85. The summed E-state index contributed by atoms with van der Waals surface area (Å²) in [6.45, 7) is 3.42. The predicted octanol–water partition coefficient (Wildman–Crippen LogP) is 3.00. The summed E-state index contributed by atoms with van der Waals surface area (Å²) in [4.78, 5) is 24.8. The summed E-state index contributed by atoms with van der Waals surface area (Å²) in [5.74, 6) is 1.22. The number of nitrogens with zero attached hydrogens (tertiary/aromatic N) is 3. The Balaban J connectivity index is 1.84. The number of carbonyl (C=O) groups is 1. The molecule has 1 aromatic carbocycles. The molecule has 0 atom stereocenters. The molecular weight excluding hydrogens is 280 g/mol. The van der Waals surface area contributed by atoms with E-state index in [4.69, 9.17) is 4.42 Å². The van der Waals surface area contributed by atoms with Crippen molar-refractivity contribution in [2.24, 2.45) is 0 Å². The van der Waals surface area contributed by atoms with E-state index in [1.807, 2.05) is 30.3 Å². The molecular formula is C16H14N4O2. The summed E-state index contributed by atoms with van der Waals surface area (Å²) in [5.41, 5.74) is 1.43. The van der Waals surface area contributed by atoms with E-state index in [2.05, 4.69) is 20.3 Å². The SMILES string of the molecule is Cc1nc(C)c(C(=O)Nc2ccnc(-c3ccccc3)n2)o1. The molecule has 6 heteroatoms. The maximum atomic E-state index is 12.2. The molecule has 110 valence electrons. The van der Waals surface area contributed by atoms with Crippen LogP contribution in [0.2, 0.25) is 0 Å². The highest BCUT2D eigenvalue weighted by molar-refractivity contribution is 6.02. The molecule has 2 aromatic heterocycles. The number of aryl methyl sites for hydroxylation is 2. The second kappa shape index (κ2) is 5.77. The Morgan fingerprint density at radius 1 is 1.09 bits per heavy atom. The summed E-state index contributed by atoms with van der Waals surface area (Å²) in [5, 5.41) is 2.70. The summed E-state index contributed by atoms with van der Waals surface area (Å²) >= 11 is 0. The highest BCUT2D eigenvalue weighted by Gasteiger charge is 2.16. The van der Waals surface area contributed by atoms with Crippen molar-refractivity contribution < 1.29 is 9.21 Å². The molecule has 1 N–H and O–H groups in total. The third-order valence-electron chi connectivity index (χ3n) is 3.04. The van der Waals surface area contributed by atoms with Gasteiger partial charge in [0.15, 0.2) is 11.7 Å². The molecule has 1 amide bonds. The van der Waals surface area contributed by atoms with Crippen LogP contribution in [0.5, 0.6) is 0 Å². The molecule has 0 fully saturated rings. The summed E-state index contributed by atoms with van der Waals surface area (Å²) in [6.07, 6.45) is 1.60. The van der Waals surface area contributed by atoms with Gasteiger partial charge in [-0.2, -0.15) is 0 Å². The molecule has 2 heterocycles. The number of carbonyl (C=O) groups excluding carboxylic acids is 1. The van der Waals surface area contributed by atoms with Crippen LogP contribution in [0.4, 0.5) is 5.82 Å². The summed E-state index contributed by atoms with van der Waals surface area (Å²) in [6, 6.07) is 11.2. The average molecular weight is 294 g/mol. The van der Waals surface area contributed by atoms with E-state index in [0.29, 0.717) is 23.2 Å². The van der Waals surface area contributed by atoms with Crippen molar-refractivity contribution in [1.29, 1.82) is 0 Å². The van der Waals surface area contributed by atoms with Gasteiger partial charge in [0.1, 0.15) is 5.82 Å². The van der Waals surface area contributed by atoms with Crippen LogP contribution in [-0.4, -0.2) is 20.9 Å². The number of oxazole rings is 1. The average Bonchev–Trinajstić information content (AvgIpc) is 2.87. The van der Waals surface area contributed by atoms with Gasteiger partial charge in [0.05, 0.1) is 5.69 Å². The summed E-state index contributed by atoms with van der Waals surface area (Å²) < 4.78 is 5.30. The molecule has 0 saturated heterocycles. The molecule has 0 aliphatic heterocycles. The lowest BCUT2D eigenvalue weighted by Gasteiger charge is -2.05. The highest BCUT2D eigenvalue weighted by atomic mass is 16.4. The highest BCUT2D eigenvalue weighted by Crippen LogP contribution is 2.17. The van der Waals surface area contributed by atoms with Crippen LogP contribution in [0.15, 0.2) is 47.0 Å². The fraction of sp³-hybridized carbons (Fsp3) is 0.125. The minimum atomic E-state index is -0.379. The van der Waals surface area contributed by atoms with Crippen LogP contribution in [0.1, 0.15) is 22.1 Å². The second-order valence-corrected chi connectivity index (χ2v) is 4.73. The number of benzene rings is 1. The van der Waals surface area contributed by atoms with Crippen molar-refractivity contribution in [2.75, 3.05) is 5.32 Å².